The second-order valence-electron chi connectivity index (χ2n) is 5.85. The monoisotopic (exact) mass is 358 g/mol. The predicted octanol–water partition coefficient (Wildman–Crippen LogP) is 3.91. The Morgan fingerprint density at radius 2 is 1.27 bits per heavy atom. The highest BCUT2D eigenvalue weighted by Crippen LogP contribution is 2.02. The molecule has 2 aromatic rings. The van der Waals surface area contributed by atoms with E-state index < -0.39 is 0 Å². The SMILES string of the molecule is C=COC(C)=O.CC(O)Cc1ccccc1.C[C@@H](O)Cc1ccccc1. The minimum Gasteiger partial charge on any atom is -0.435 e. The number of hydrogen-bond donors (Lipinski definition) is 2. The lowest BCUT2D eigenvalue weighted by atomic mass is 10.1. The van der Waals surface area contributed by atoms with E-state index >= 15 is 0 Å². The lowest BCUT2D eigenvalue weighted by Crippen LogP contribution is -2.03. The molecule has 0 saturated carbocycles. The molecule has 4 heteroatoms. The fraction of sp³-hybridized carbons (Fsp3) is 0.318. The average molecular weight is 358 g/mol. The molecule has 2 rings (SSSR count). The first kappa shape index (κ1) is 23.6. The van der Waals surface area contributed by atoms with Crippen LogP contribution in [0.1, 0.15) is 31.9 Å². The molecule has 0 radical (unpaired) electrons. The average Bonchev–Trinajstić information content (AvgIpc) is 2.56. The third-order valence-electron chi connectivity index (χ3n) is 3.00. The quantitative estimate of drug-likeness (QED) is 0.628. The van der Waals surface area contributed by atoms with Crippen LogP contribution in [0, 0.1) is 0 Å². The van der Waals surface area contributed by atoms with Gasteiger partial charge in [0.2, 0.25) is 0 Å². The van der Waals surface area contributed by atoms with Crippen LogP contribution in [0.25, 0.3) is 0 Å². The van der Waals surface area contributed by atoms with Crippen LogP contribution in [-0.2, 0) is 22.4 Å². The van der Waals surface area contributed by atoms with Crippen molar-refractivity contribution in [1.29, 1.82) is 0 Å². The molecule has 2 aromatic carbocycles. The second-order valence-corrected chi connectivity index (χ2v) is 5.85. The van der Waals surface area contributed by atoms with Crippen molar-refractivity contribution in [2.75, 3.05) is 0 Å². The van der Waals surface area contributed by atoms with Gasteiger partial charge < -0.3 is 14.9 Å². The number of hydrogen-bond acceptors (Lipinski definition) is 4. The molecule has 2 N–H and O–H groups in total. The highest BCUT2D eigenvalue weighted by molar-refractivity contribution is 5.66. The van der Waals surface area contributed by atoms with Gasteiger partial charge in [0.05, 0.1) is 18.5 Å². The Morgan fingerprint density at radius 3 is 1.46 bits per heavy atom. The number of aliphatic hydroxyl groups excluding tert-OH is 2. The normalized spacial score (nSPS) is 11.6. The molecule has 2 atom stereocenters. The summed E-state index contributed by atoms with van der Waals surface area (Å²) < 4.78 is 4.17. The minimum absolute atomic E-state index is 0.234. The van der Waals surface area contributed by atoms with E-state index in [4.69, 9.17) is 10.2 Å². The maximum Gasteiger partial charge on any atom is 0.307 e. The number of benzene rings is 2. The van der Waals surface area contributed by atoms with Crippen LogP contribution in [0.3, 0.4) is 0 Å². The van der Waals surface area contributed by atoms with Crippen LogP contribution in [0.15, 0.2) is 73.5 Å². The second kappa shape index (κ2) is 14.9. The van der Waals surface area contributed by atoms with Crippen molar-refractivity contribution in [1.82, 2.24) is 0 Å². The van der Waals surface area contributed by atoms with E-state index in [0.29, 0.717) is 0 Å². The van der Waals surface area contributed by atoms with Gasteiger partial charge in [-0.3, -0.25) is 4.79 Å². The summed E-state index contributed by atoms with van der Waals surface area (Å²) in [7, 11) is 0. The Balaban J connectivity index is 0.000000375. The zero-order chi connectivity index (χ0) is 19.8. The fourth-order valence-corrected chi connectivity index (χ4v) is 2.03. The summed E-state index contributed by atoms with van der Waals surface area (Å²) in [6, 6.07) is 20.0. The van der Waals surface area contributed by atoms with Crippen molar-refractivity contribution in [3.8, 4) is 0 Å². The van der Waals surface area contributed by atoms with Crippen molar-refractivity contribution >= 4 is 5.97 Å². The van der Waals surface area contributed by atoms with E-state index in [2.05, 4.69) is 11.3 Å². The summed E-state index contributed by atoms with van der Waals surface area (Å²) in [6.45, 7) is 8.08. The van der Waals surface area contributed by atoms with Crippen LogP contribution in [0.4, 0.5) is 0 Å². The molecule has 0 heterocycles. The van der Waals surface area contributed by atoms with Crippen molar-refractivity contribution in [3.63, 3.8) is 0 Å². The molecule has 1 unspecified atom stereocenters. The van der Waals surface area contributed by atoms with Gasteiger partial charge in [0, 0.05) is 6.92 Å². The van der Waals surface area contributed by atoms with E-state index in [9.17, 15) is 4.79 Å². The van der Waals surface area contributed by atoms with E-state index in [0.717, 1.165) is 19.1 Å². The lowest BCUT2D eigenvalue weighted by Gasteiger charge is -2.02. The van der Waals surface area contributed by atoms with Crippen molar-refractivity contribution in [2.24, 2.45) is 0 Å². The van der Waals surface area contributed by atoms with Crippen molar-refractivity contribution in [2.45, 2.75) is 45.8 Å². The van der Waals surface area contributed by atoms with Crippen LogP contribution in [-0.4, -0.2) is 28.4 Å². The zero-order valence-electron chi connectivity index (χ0n) is 15.8. The zero-order valence-corrected chi connectivity index (χ0v) is 15.8. The molecule has 4 nitrogen and oxygen atoms in total. The number of aliphatic hydroxyl groups is 2. The Labute approximate surface area is 156 Å². The number of esters is 1. The molecule has 0 saturated heterocycles. The van der Waals surface area contributed by atoms with Gasteiger partial charge in [-0.1, -0.05) is 67.2 Å². The molecular weight excluding hydrogens is 328 g/mol. The molecule has 142 valence electrons. The maximum absolute atomic E-state index is 9.75. The summed E-state index contributed by atoms with van der Waals surface area (Å²) in [5, 5.41) is 18.0. The van der Waals surface area contributed by atoms with Gasteiger partial charge >= 0.3 is 5.97 Å². The third kappa shape index (κ3) is 15.1. The molecule has 0 amide bonds. The van der Waals surface area contributed by atoms with Gasteiger partial charge in [0.25, 0.3) is 0 Å². The van der Waals surface area contributed by atoms with Gasteiger partial charge in [0.15, 0.2) is 0 Å². The van der Waals surface area contributed by atoms with Crippen molar-refractivity contribution in [3.05, 3.63) is 84.6 Å². The molecule has 0 bridgehead atoms. The summed E-state index contributed by atoms with van der Waals surface area (Å²) >= 11 is 0. The molecule has 26 heavy (non-hydrogen) atoms. The van der Waals surface area contributed by atoms with Crippen LogP contribution >= 0.6 is 0 Å². The Hall–Kier alpha value is -2.43. The minimum atomic E-state index is -0.329. The molecule has 0 aromatic heterocycles. The Morgan fingerprint density at radius 1 is 0.923 bits per heavy atom. The maximum atomic E-state index is 9.75. The standard InChI is InChI=1S/2C9H12O.C4H6O2/c2*1-8(10)7-9-5-3-2-4-6-9;1-3-6-4(2)5/h2*2-6,8,10H,7H2,1H3;3H,1H2,2H3/t8-;;/m1../s1. The van der Waals surface area contributed by atoms with Gasteiger partial charge in [-0.25, -0.2) is 0 Å². The number of carbonyl (C=O) groups is 1. The molecule has 0 fully saturated rings. The summed E-state index contributed by atoms with van der Waals surface area (Å²) in [6.07, 6.45) is 2.13. The van der Waals surface area contributed by atoms with E-state index in [1.165, 1.54) is 18.1 Å². The molecule has 0 aliphatic rings. The predicted molar refractivity (Wildman–Crippen MR) is 106 cm³/mol. The third-order valence-corrected chi connectivity index (χ3v) is 3.00. The smallest absolute Gasteiger partial charge is 0.307 e. The van der Waals surface area contributed by atoms with E-state index in [1.807, 2.05) is 60.7 Å². The number of ether oxygens (including phenoxy) is 1. The fourth-order valence-electron chi connectivity index (χ4n) is 2.03. The van der Waals surface area contributed by atoms with Crippen LogP contribution in [0.5, 0.6) is 0 Å². The summed E-state index contributed by atoms with van der Waals surface area (Å²) in [5.41, 5.74) is 2.38. The molecule has 0 aliphatic heterocycles. The van der Waals surface area contributed by atoms with Crippen molar-refractivity contribution < 1.29 is 19.7 Å². The van der Waals surface area contributed by atoms with Crippen LogP contribution < -0.4 is 0 Å². The largest absolute Gasteiger partial charge is 0.435 e. The first-order valence-electron chi connectivity index (χ1n) is 8.57. The number of carbonyl (C=O) groups excluding carboxylic acids is 1. The van der Waals surface area contributed by atoms with Gasteiger partial charge in [0.1, 0.15) is 0 Å². The lowest BCUT2D eigenvalue weighted by molar-refractivity contribution is -0.135. The van der Waals surface area contributed by atoms with Crippen LogP contribution in [0.2, 0.25) is 0 Å². The van der Waals surface area contributed by atoms with Gasteiger partial charge in [-0.15, -0.1) is 0 Å². The summed E-state index contributed by atoms with van der Waals surface area (Å²) in [5.74, 6) is -0.329. The Kier molecular flexibility index (Phi) is 13.5. The first-order valence-corrected chi connectivity index (χ1v) is 8.57. The Bertz CT molecular complexity index is 547. The highest BCUT2D eigenvalue weighted by atomic mass is 16.5. The molecule has 0 aliphatic carbocycles. The van der Waals surface area contributed by atoms with Gasteiger partial charge in [-0.05, 0) is 37.8 Å². The molecular formula is C22H30O4. The summed E-state index contributed by atoms with van der Waals surface area (Å²) in [4.78, 5) is 9.75. The highest BCUT2D eigenvalue weighted by Gasteiger charge is 1.96. The van der Waals surface area contributed by atoms with E-state index in [-0.39, 0.29) is 18.2 Å². The van der Waals surface area contributed by atoms with E-state index in [1.54, 1.807) is 13.8 Å². The molecule has 0 spiro atoms. The van der Waals surface area contributed by atoms with Gasteiger partial charge in [-0.2, -0.15) is 0 Å². The number of rotatable bonds is 5. The first-order chi connectivity index (χ1) is 12.3. The topological polar surface area (TPSA) is 66.8 Å².